The van der Waals surface area contributed by atoms with Crippen LogP contribution in [0.1, 0.15) is 73.6 Å². The third-order valence-electron chi connectivity index (χ3n) is 7.10. The van der Waals surface area contributed by atoms with Gasteiger partial charge < -0.3 is 14.2 Å². The molecule has 0 aliphatic heterocycles. The van der Waals surface area contributed by atoms with Gasteiger partial charge in [-0.2, -0.15) is 0 Å². The van der Waals surface area contributed by atoms with Gasteiger partial charge in [0.15, 0.2) is 0 Å². The number of halogens is 3. The molecule has 1 aliphatic rings. The van der Waals surface area contributed by atoms with Gasteiger partial charge in [0.1, 0.15) is 11.5 Å². The van der Waals surface area contributed by atoms with Gasteiger partial charge in [0.05, 0.1) is 19.8 Å². The minimum Gasteiger partial charge on any atom is -0.494 e. The lowest BCUT2D eigenvalue weighted by atomic mass is 9.72. The minimum atomic E-state index is -4.69. The average Bonchev–Trinajstić information content (AvgIpc) is 2.89. The van der Waals surface area contributed by atoms with E-state index in [9.17, 15) is 13.2 Å². The maximum absolute atomic E-state index is 12.3. The molecule has 4 nitrogen and oxygen atoms in total. The fourth-order valence-electron chi connectivity index (χ4n) is 5.19. The Hall–Kier alpha value is -3.06. The second kappa shape index (κ2) is 12.5. The highest BCUT2D eigenvalue weighted by atomic mass is 19.4. The van der Waals surface area contributed by atoms with Gasteiger partial charge in [-0.3, -0.25) is 4.98 Å². The van der Waals surface area contributed by atoms with Crippen LogP contribution >= 0.6 is 0 Å². The van der Waals surface area contributed by atoms with E-state index in [1.54, 1.807) is 18.3 Å². The highest BCUT2D eigenvalue weighted by Crippen LogP contribution is 2.43. The van der Waals surface area contributed by atoms with Crippen LogP contribution in [0.25, 0.3) is 0 Å². The topological polar surface area (TPSA) is 40.6 Å². The highest BCUT2D eigenvalue weighted by molar-refractivity contribution is 5.32. The van der Waals surface area contributed by atoms with E-state index in [1.165, 1.54) is 42.5 Å². The molecular formula is C30H34F3NO3. The van der Waals surface area contributed by atoms with Gasteiger partial charge in [0, 0.05) is 12.4 Å². The van der Waals surface area contributed by atoms with Crippen molar-refractivity contribution in [3.63, 3.8) is 0 Å². The Kier molecular flexibility index (Phi) is 9.09. The summed E-state index contributed by atoms with van der Waals surface area (Å²) >= 11 is 0. The van der Waals surface area contributed by atoms with Crippen molar-refractivity contribution in [1.82, 2.24) is 4.98 Å². The van der Waals surface area contributed by atoms with E-state index in [-0.39, 0.29) is 12.4 Å². The first-order valence-corrected chi connectivity index (χ1v) is 12.9. The zero-order valence-corrected chi connectivity index (χ0v) is 21.3. The normalized spacial score (nSPS) is 18.8. The third kappa shape index (κ3) is 7.96. The molecule has 3 aromatic rings. The SMILES string of the molecule is CCOc1cccc(C2CCCC(C(C)c3cncc(COCc4ccc(OC(F)(F)F)cc4)c3)C2)c1. The van der Waals surface area contributed by atoms with Crippen LogP contribution in [0.15, 0.2) is 67.0 Å². The van der Waals surface area contributed by atoms with Crippen LogP contribution in [0, 0.1) is 5.92 Å². The van der Waals surface area contributed by atoms with Crippen molar-refractivity contribution in [2.75, 3.05) is 6.61 Å². The summed E-state index contributed by atoms with van der Waals surface area (Å²) in [6, 6.07) is 16.4. The molecule has 1 aromatic heterocycles. The molecule has 7 heteroatoms. The van der Waals surface area contributed by atoms with Crippen LogP contribution in [0.2, 0.25) is 0 Å². The molecule has 1 heterocycles. The summed E-state index contributed by atoms with van der Waals surface area (Å²) in [5.74, 6) is 2.19. The first-order chi connectivity index (χ1) is 17.8. The standard InChI is InChI=1S/C30H34F3NO3/c1-3-36-29-9-5-8-26(16-29)25-7-4-6-24(15-25)21(2)27-14-23(17-34-18-27)20-35-19-22-10-12-28(13-11-22)37-30(31,32)33/h5,8-14,16-18,21,24-25H,3-4,6-7,15,19-20H2,1-2H3. The summed E-state index contributed by atoms with van der Waals surface area (Å²) in [7, 11) is 0. The zero-order chi connectivity index (χ0) is 26.3. The summed E-state index contributed by atoms with van der Waals surface area (Å²) in [5, 5.41) is 0. The van der Waals surface area contributed by atoms with Gasteiger partial charge in [-0.25, -0.2) is 0 Å². The van der Waals surface area contributed by atoms with E-state index in [1.807, 2.05) is 19.2 Å². The van der Waals surface area contributed by atoms with E-state index in [0.29, 0.717) is 31.0 Å². The average molecular weight is 514 g/mol. The molecular weight excluding hydrogens is 479 g/mol. The summed E-state index contributed by atoms with van der Waals surface area (Å²) in [4.78, 5) is 4.46. The number of aromatic nitrogens is 1. The molecule has 2 aromatic carbocycles. The number of alkyl halides is 3. The first kappa shape index (κ1) is 27.0. The lowest BCUT2D eigenvalue weighted by Crippen LogP contribution is -2.19. The Morgan fingerprint density at radius 1 is 0.946 bits per heavy atom. The van der Waals surface area contributed by atoms with Gasteiger partial charge in [0.25, 0.3) is 0 Å². The number of nitrogens with zero attached hydrogens (tertiary/aromatic N) is 1. The number of ether oxygens (including phenoxy) is 3. The van der Waals surface area contributed by atoms with Crippen molar-refractivity contribution in [3.8, 4) is 11.5 Å². The number of rotatable bonds is 10. The van der Waals surface area contributed by atoms with E-state index in [4.69, 9.17) is 9.47 Å². The summed E-state index contributed by atoms with van der Waals surface area (Å²) in [6.45, 7) is 5.63. The number of hydrogen-bond acceptors (Lipinski definition) is 4. The van der Waals surface area contributed by atoms with Crippen LogP contribution < -0.4 is 9.47 Å². The Labute approximate surface area is 216 Å². The molecule has 0 bridgehead atoms. The molecule has 0 saturated heterocycles. The molecule has 0 radical (unpaired) electrons. The predicted octanol–water partition coefficient (Wildman–Crippen LogP) is 8.17. The number of hydrogen-bond donors (Lipinski definition) is 0. The minimum absolute atomic E-state index is 0.242. The summed E-state index contributed by atoms with van der Waals surface area (Å²) < 4.78 is 52.4. The van der Waals surface area contributed by atoms with Crippen molar-refractivity contribution in [2.45, 2.75) is 70.9 Å². The Bertz CT molecular complexity index is 1130. The zero-order valence-electron chi connectivity index (χ0n) is 21.3. The molecule has 4 rings (SSSR count). The number of benzene rings is 2. The molecule has 1 fully saturated rings. The molecule has 37 heavy (non-hydrogen) atoms. The van der Waals surface area contributed by atoms with E-state index in [0.717, 1.165) is 23.3 Å². The van der Waals surface area contributed by atoms with Gasteiger partial charge >= 0.3 is 6.36 Å². The monoisotopic (exact) mass is 513 g/mol. The Balaban J connectivity index is 1.32. The predicted molar refractivity (Wildman–Crippen MR) is 137 cm³/mol. The summed E-state index contributed by atoms with van der Waals surface area (Å²) in [6.07, 6.45) is 3.82. The first-order valence-electron chi connectivity index (χ1n) is 12.9. The molecule has 3 atom stereocenters. The van der Waals surface area contributed by atoms with Crippen LogP contribution in [0.3, 0.4) is 0 Å². The van der Waals surface area contributed by atoms with Crippen molar-refractivity contribution in [3.05, 3.63) is 89.2 Å². The second-order valence-corrected chi connectivity index (χ2v) is 9.73. The molecule has 0 spiro atoms. The molecule has 0 N–H and O–H groups in total. The maximum Gasteiger partial charge on any atom is 0.573 e. The largest absolute Gasteiger partial charge is 0.573 e. The van der Waals surface area contributed by atoms with Gasteiger partial charge in [0.2, 0.25) is 0 Å². The lowest BCUT2D eigenvalue weighted by molar-refractivity contribution is -0.274. The maximum atomic E-state index is 12.3. The Morgan fingerprint density at radius 2 is 1.73 bits per heavy atom. The molecule has 1 aliphatic carbocycles. The van der Waals surface area contributed by atoms with E-state index < -0.39 is 6.36 Å². The van der Waals surface area contributed by atoms with Crippen molar-refractivity contribution in [1.29, 1.82) is 0 Å². The van der Waals surface area contributed by atoms with E-state index >= 15 is 0 Å². The van der Waals surface area contributed by atoms with Crippen molar-refractivity contribution >= 4 is 0 Å². The van der Waals surface area contributed by atoms with Crippen LogP contribution in [0.5, 0.6) is 11.5 Å². The lowest BCUT2D eigenvalue weighted by Gasteiger charge is -2.33. The van der Waals surface area contributed by atoms with Crippen molar-refractivity contribution in [2.24, 2.45) is 5.92 Å². The highest BCUT2D eigenvalue weighted by Gasteiger charge is 2.31. The fourth-order valence-corrected chi connectivity index (χ4v) is 5.19. The molecule has 0 amide bonds. The van der Waals surface area contributed by atoms with E-state index in [2.05, 4.69) is 40.9 Å². The Morgan fingerprint density at radius 3 is 2.49 bits per heavy atom. The van der Waals surface area contributed by atoms with Crippen LogP contribution in [-0.2, 0) is 18.0 Å². The number of pyridine rings is 1. The van der Waals surface area contributed by atoms with Gasteiger partial charge in [-0.15, -0.1) is 13.2 Å². The molecule has 3 unspecified atom stereocenters. The molecule has 1 saturated carbocycles. The smallest absolute Gasteiger partial charge is 0.494 e. The second-order valence-electron chi connectivity index (χ2n) is 9.73. The van der Waals surface area contributed by atoms with Crippen LogP contribution in [0.4, 0.5) is 13.2 Å². The quantitative estimate of drug-likeness (QED) is 0.274. The van der Waals surface area contributed by atoms with Gasteiger partial charge in [-0.1, -0.05) is 43.7 Å². The fraction of sp³-hybridized carbons (Fsp3) is 0.433. The molecule has 198 valence electrons. The third-order valence-corrected chi connectivity index (χ3v) is 7.10. The van der Waals surface area contributed by atoms with Crippen molar-refractivity contribution < 1.29 is 27.4 Å². The van der Waals surface area contributed by atoms with Crippen LogP contribution in [-0.4, -0.2) is 18.0 Å². The van der Waals surface area contributed by atoms with Gasteiger partial charge in [-0.05, 0) is 90.5 Å². The summed E-state index contributed by atoms with van der Waals surface area (Å²) in [5.41, 5.74) is 4.33.